The van der Waals surface area contributed by atoms with Crippen molar-refractivity contribution in [3.63, 3.8) is 0 Å². The number of hydrazine groups is 1. The van der Waals surface area contributed by atoms with Gasteiger partial charge in [-0.05, 0) is 57.5 Å². The molecule has 2 N–H and O–H groups in total. The van der Waals surface area contributed by atoms with E-state index < -0.39 is 23.7 Å². The van der Waals surface area contributed by atoms with Crippen molar-refractivity contribution >= 4 is 23.4 Å². The van der Waals surface area contributed by atoms with Crippen LogP contribution in [0.1, 0.15) is 36.7 Å². The van der Waals surface area contributed by atoms with Gasteiger partial charge in [0.05, 0.1) is 13.7 Å². The molecular weight excluding hydrogens is 529 g/mol. The fraction of sp³-hybridized carbons (Fsp3) is 0.333. The zero-order valence-electron chi connectivity index (χ0n) is 22.6. The van der Waals surface area contributed by atoms with E-state index >= 15 is 0 Å². The highest BCUT2D eigenvalue weighted by Crippen LogP contribution is 2.35. The average molecular weight is 559 g/mol. The first-order chi connectivity index (χ1) is 18.9. The van der Waals surface area contributed by atoms with E-state index in [0.717, 1.165) is 11.6 Å². The number of carbonyl (C=O) groups is 1. The van der Waals surface area contributed by atoms with E-state index in [4.69, 9.17) is 9.47 Å². The summed E-state index contributed by atoms with van der Waals surface area (Å²) in [6, 6.07) is 4.80. The lowest BCUT2D eigenvalue weighted by Gasteiger charge is -2.25. The molecule has 0 radical (unpaired) electrons. The number of nitrogens with one attached hydrogen (secondary N) is 2. The number of rotatable bonds is 8. The molecule has 1 atom stereocenters. The van der Waals surface area contributed by atoms with Crippen LogP contribution in [0.25, 0.3) is 11.1 Å². The van der Waals surface area contributed by atoms with E-state index in [9.17, 15) is 22.8 Å². The van der Waals surface area contributed by atoms with Gasteiger partial charge < -0.3 is 19.4 Å². The number of nitrogens with zero attached hydrogens (tertiary/aromatic N) is 4. The fourth-order valence-electron chi connectivity index (χ4n) is 4.24. The molecule has 0 spiro atoms. The quantitative estimate of drug-likeness (QED) is 0.380. The lowest BCUT2D eigenvalue weighted by atomic mass is 10.1. The number of methoxy groups -OCH3 is 1. The molecule has 3 aromatic rings. The number of esters is 1. The van der Waals surface area contributed by atoms with Gasteiger partial charge >= 0.3 is 12.1 Å². The summed E-state index contributed by atoms with van der Waals surface area (Å²) < 4.78 is 52.5. The first kappa shape index (κ1) is 28.6. The molecule has 1 aliphatic rings. The highest BCUT2D eigenvalue weighted by Gasteiger charge is 2.43. The maximum Gasteiger partial charge on any atom is 0.409 e. The second kappa shape index (κ2) is 11.4. The van der Waals surface area contributed by atoms with Gasteiger partial charge in [-0.1, -0.05) is 0 Å². The van der Waals surface area contributed by atoms with Crippen molar-refractivity contribution in [3.8, 4) is 16.9 Å². The normalized spacial score (nSPS) is 15.2. The minimum atomic E-state index is -4.55. The van der Waals surface area contributed by atoms with Crippen LogP contribution >= 0.6 is 0 Å². The molecule has 3 heterocycles. The lowest BCUT2D eigenvalue weighted by Crippen LogP contribution is -2.45. The summed E-state index contributed by atoms with van der Waals surface area (Å²) in [5, 5.41) is 4.28. The second-order valence-electron chi connectivity index (χ2n) is 9.04. The van der Waals surface area contributed by atoms with E-state index in [1.807, 2.05) is 19.1 Å². The maximum atomic E-state index is 13.6. The molecule has 0 amide bonds. The Labute approximate surface area is 228 Å². The van der Waals surface area contributed by atoms with Crippen molar-refractivity contribution < 1.29 is 27.4 Å². The van der Waals surface area contributed by atoms with Gasteiger partial charge in [0.2, 0.25) is 5.95 Å². The van der Waals surface area contributed by atoms with Crippen molar-refractivity contribution in [3.05, 3.63) is 69.9 Å². The second-order valence-corrected chi connectivity index (χ2v) is 9.04. The van der Waals surface area contributed by atoms with Crippen molar-refractivity contribution in [2.24, 2.45) is 0 Å². The molecule has 0 saturated heterocycles. The molecule has 0 aliphatic carbocycles. The van der Waals surface area contributed by atoms with Crippen LogP contribution in [0.2, 0.25) is 0 Å². The van der Waals surface area contributed by atoms with Gasteiger partial charge in [-0.25, -0.2) is 15.2 Å². The Balaban J connectivity index is 1.87. The number of halogens is 3. The van der Waals surface area contributed by atoms with E-state index in [0.29, 0.717) is 17.0 Å². The van der Waals surface area contributed by atoms with Crippen molar-refractivity contribution in [1.29, 1.82) is 0 Å². The summed E-state index contributed by atoms with van der Waals surface area (Å²) in [6.45, 7) is 7.04. The van der Waals surface area contributed by atoms with Gasteiger partial charge in [0.25, 0.3) is 5.56 Å². The van der Waals surface area contributed by atoms with Crippen LogP contribution in [0.15, 0.2) is 53.2 Å². The number of aryl methyl sites for hydroxylation is 2. The van der Waals surface area contributed by atoms with Gasteiger partial charge in [-0.2, -0.15) is 18.2 Å². The maximum absolute atomic E-state index is 13.6. The molecule has 0 fully saturated rings. The first-order valence-corrected chi connectivity index (χ1v) is 12.5. The van der Waals surface area contributed by atoms with Gasteiger partial charge in [-0.15, -0.1) is 0 Å². The van der Waals surface area contributed by atoms with Crippen LogP contribution in [0, 0.1) is 6.92 Å². The number of anilines is 3. The minimum Gasteiger partial charge on any atom is -0.497 e. The standard InChI is InChI=1S/C27H29F3N6O4/c1-6-35-14-17(11-20(24(35)37)25(38)40-7-2)21-13-31-26(32-18-8-15(3)9-19(12-18)39-5)33-23(21)36-16(4)10-22(34-36)27(28,29)30/h8-14,22,34H,6-7H2,1-5H3,(H,31,32,33). The van der Waals surface area contributed by atoms with Gasteiger partial charge in [0.15, 0.2) is 5.82 Å². The molecule has 40 heavy (non-hydrogen) atoms. The zero-order valence-corrected chi connectivity index (χ0v) is 22.6. The van der Waals surface area contributed by atoms with Crippen LogP contribution in [-0.4, -0.2) is 46.4 Å². The van der Waals surface area contributed by atoms with E-state index in [1.165, 1.54) is 42.1 Å². The fourth-order valence-corrected chi connectivity index (χ4v) is 4.24. The third kappa shape index (κ3) is 5.93. The van der Waals surface area contributed by atoms with Crippen LogP contribution in [0.4, 0.5) is 30.6 Å². The lowest BCUT2D eigenvalue weighted by molar-refractivity contribution is -0.142. The minimum absolute atomic E-state index is 0.0631. The molecule has 1 unspecified atom stereocenters. The van der Waals surface area contributed by atoms with Crippen LogP contribution in [0.5, 0.6) is 5.75 Å². The summed E-state index contributed by atoms with van der Waals surface area (Å²) in [4.78, 5) is 34.3. The Kier molecular flexibility index (Phi) is 8.14. The zero-order chi connectivity index (χ0) is 29.2. The number of carbonyl (C=O) groups excluding carboxylic acids is 1. The van der Waals surface area contributed by atoms with Crippen molar-refractivity contribution in [2.75, 3.05) is 24.0 Å². The summed E-state index contributed by atoms with van der Waals surface area (Å²) in [7, 11) is 1.54. The number of alkyl halides is 3. The molecular formula is C27H29F3N6O4. The molecule has 13 heteroatoms. The predicted octanol–water partition coefficient (Wildman–Crippen LogP) is 4.72. The number of hydrogen-bond acceptors (Lipinski definition) is 9. The highest BCUT2D eigenvalue weighted by atomic mass is 19.4. The predicted molar refractivity (Wildman–Crippen MR) is 144 cm³/mol. The molecule has 1 aliphatic heterocycles. The molecule has 212 valence electrons. The van der Waals surface area contributed by atoms with E-state index in [-0.39, 0.29) is 41.7 Å². The smallest absolute Gasteiger partial charge is 0.409 e. The molecule has 2 aromatic heterocycles. The Bertz CT molecular complexity index is 1520. The molecule has 0 bridgehead atoms. The van der Waals surface area contributed by atoms with Crippen molar-refractivity contribution in [2.45, 2.75) is 46.5 Å². The number of aromatic nitrogens is 3. The summed E-state index contributed by atoms with van der Waals surface area (Å²) in [5.41, 5.74) is 4.06. The summed E-state index contributed by atoms with van der Waals surface area (Å²) in [6.07, 6.45) is -0.583. The van der Waals surface area contributed by atoms with Crippen LogP contribution in [-0.2, 0) is 11.3 Å². The third-order valence-electron chi connectivity index (χ3n) is 6.14. The Morgan fingerprint density at radius 3 is 2.55 bits per heavy atom. The third-order valence-corrected chi connectivity index (χ3v) is 6.14. The molecule has 10 nitrogen and oxygen atoms in total. The summed E-state index contributed by atoms with van der Waals surface area (Å²) >= 11 is 0. The Hall–Kier alpha value is -4.39. The number of pyridine rings is 1. The molecule has 1 aromatic carbocycles. The summed E-state index contributed by atoms with van der Waals surface area (Å²) in [5.74, 6) is -0.0292. The van der Waals surface area contributed by atoms with Crippen LogP contribution in [0.3, 0.4) is 0 Å². The number of hydrogen-bond donors (Lipinski definition) is 2. The van der Waals surface area contributed by atoms with Crippen molar-refractivity contribution in [1.82, 2.24) is 20.0 Å². The van der Waals surface area contributed by atoms with Crippen LogP contribution < -0.4 is 26.0 Å². The monoisotopic (exact) mass is 558 g/mol. The molecule has 0 saturated carbocycles. The van der Waals surface area contributed by atoms with Gasteiger partial charge in [0.1, 0.15) is 17.4 Å². The molecule has 4 rings (SSSR count). The van der Waals surface area contributed by atoms with E-state index in [2.05, 4.69) is 20.7 Å². The topological polar surface area (TPSA) is 111 Å². The number of benzene rings is 1. The van der Waals surface area contributed by atoms with Gasteiger partial charge in [-0.3, -0.25) is 9.80 Å². The highest BCUT2D eigenvalue weighted by molar-refractivity contribution is 5.91. The average Bonchev–Trinajstić information content (AvgIpc) is 3.30. The number of allylic oxidation sites excluding steroid dienone is 1. The first-order valence-electron chi connectivity index (χ1n) is 12.5. The Morgan fingerprint density at radius 1 is 1.18 bits per heavy atom. The SMILES string of the molecule is CCOC(=O)c1cc(-c2cnc(Nc3cc(C)cc(OC)c3)nc2N2NC(C(F)(F)F)C=C2C)cn(CC)c1=O. The number of ether oxygens (including phenoxy) is 2. The Morgan fingerprint density at radius 2 is 1.93 bits per heavy atom. The largest absolute Gasteiger partial charge is 0.497 e. The van der Waals surface area contributed by atoms with E-state index in [1.54, 1.807) is 19.9 Å². The van der Waals surface area contributed by atoms with Gasteiger partial charge in [0, 0.05) is 47.5 Å².